The van der Waals surface area contributed by atoms with E-state index in [-0.39, 0.29) is 5.78 Å². The van der Waals surface area contributed by atoms with Gasteiger partial charge in [0.05, 0.1) is 12.7 Å². The Balaban J connectivity index is 2.29. The predicted molar refractivity (Wildman–Crippen MR) is 78.1 cm³/mol. The third-order valence-electron chi connectivity index (χ3n) is 2.47. The Labute approximate surface area is 123 Å². The molecule has 1 heterocycles. The summed E-state index contributed by atoms with van der Waals surface area (Å²) in [4.78, 5) is 13.2. The molecule has 0 aliphatic rings. The zero-order chi connectivity index (χ0) is 13.1. The van der Waals surface area contributed by atoms with E-state index in [4.69, 9.17) is 16.3 Å². The Hall–Kier alpha value is -0.840. The van der Waals surface area contributed by atoms with Crippen molar-refractivity contribution in [3.8, 4) is 5.75 Å². The van der Waals surface area contributed by atoms with E-state index in [1.165, 1.54) is 0 Å². The molecule has 0 radical (unpaired) electrons. The quantitative estimate of drug-likeness (QED) is 0.757. The maximum Gasteiger partial charge on any atom is 0.171 e. The maximum atomic E-state index is 12.2. The minimum Gasteiger partial charge on any atom is -0.496 e. The average molecular weight is 346 g/mol. The minimum atomic E-state index is -0.00231. The standard InChI is InChI=1S/C13H10BrClO2S/c1-17-12-3-2-8(15)6-9(12)11(16)7-13-10(14)4-5-18-13/h2-6H,7H2,1H3. The highest BCUT2D eigenvalue weighted by Gasteiger charge is 2.15. The summed E-state index contributed by atoms with van der Waals surface area (Å²) in [7, 11) is 1.54. The lowest BCUT2D eigenvalue weighted by Gasteiger charge is -2.07. The smallest absolute Gasteiger partial charge is 0.171 e. The van der Waals surface area contributed by atoms with Gasteiger partial charge in [-0.1, -0.05) is 11.6 Å². The molecule has 0 bridgehead atoms. The SMILES string of the molecule is COc1ccc(Cl)cc1C(=O)Cc1sccc1Br. The molecule has 0 spiro atoms. The van der Waals surface area contributed by atoms with Crippen LogP contribution in [0.3, 0.4) is 0 Å². The first kappa shape index (κ1) is 13.6. The van der Waals surface area contributed by atoms with Gasteiger partial charge in [0.25, 0.3) is 0 Å². The first-order valence-electron chi connectivity index (χ1n) is 5.20. The number of Topliss-reactive ketones (excluding diaryl/α,β-unsaturated/α-hetero) is 1. The molecule has 2 rings (SSSR count). The number of halogens is 2. The highest BCUT2D eigenvalue weighted by atomic mass is 79.9. The number of benzene rings is 1. The molecule has 0 atom stereocenters. The highest BCUT2D eigenvalue weighted by molar-refractivity contribution is 9.10. The topological polar surface area (TPSA) is 26.3 Å². The van der Waals surface area contributed by atoms with Crippen LogP contribution >= 0.6 is 38.9 Å². The van der Waals surface area contributed by atoms with Gasteiger partial charge < -0.3 is 4.74 Å². The lowest BCUT2D eigenvalue weighted by atomic mass is 10.1. The summed E-state index contributed by atoms with van der Waals surface area (Å²) in [5, 5.41) is 2.48. The first-order valence-corrected chi connectivity index (χ1v) is 7.25. The highest BCUT2D eigenvalue weighted by Crippen LogP contribution is 2.28. The second-order valence-electron chi connectivity index (χ2n) is 3.64. The monoisotopic (exact) mass is 344 g/mol. The van der Waals surface area contributed by atoms with Crippen LogP contribution in [0.5, 0.6) is 5.75 Å². The fraction of sp³-hybridized carbons (Fsp3) is 0.154. The number of hydrogen-bond donors (Lipinski definition) is 0. The summed E-state index contributed by atoms with van der Waals surface area (Å²) in [5.74, 6) is 0.551. The molecule has 0 fully saturated rings. The Morgan fingerprint density at radius 3 is 2.83 bits per heavy atom. The third-order valence-corrected chi connectivity index (χ3v) is 4.64. The first-order chi connectivity index (χ1) is 8.61. The molecule has 2 aromatic rings. The van der Waals surface area contributed by atoms with Crippen molar-refractivity contribution in [1.82, 2.24) is 0 Å². The van der Waals surface area contributed by atoms with Crippen LogP contribution in [0.25, 0.3) is 0 Å². The minimum absolute atomic E-state index is 0.00231. The molecule has 0 amide bonds. The van der Waals surface area contributed by atoms with Crippen LogP contribution in [0.2, 0.25) is 5.02 Å². The van der Waals surface area contributed by atoms with Crippen LogP contribution in [0.4, 0.5) is 0 Å². The van der Waals surface area contributed by atoms with E-state index in [0.29, 0.717) is 22.8 Å². The third kappa shape index (κ3) is 2.94. The van der Waals surface area contributed by atoms with Crippen LogP contribution in [-0.2, 0) is 6.42 Å². The van der Waals surface area contributed by atoms with Gasteiger partial charge in [-0.2, -0.15) is 0 Å². The van der Waals surface area contributed by atoms with Crippen molar-refractivity contribution < 1.29 is 9.53 Å². The van der Waals surface area contributed by atoms with Crippen molar-refractivity contribution in [2.45, 2.75) is 6.42 Å². The van der Waals surface area contributed by atoms with Crippen LogP contribution in [0.1, 0.15) is 15.2 Å². The summed E-state index contributed by atoms with van der Waals surface area (Å²) < 4.78 is 6.14. The summed E-state index contributed by atoms with van der Waals surface area (Å²) in [6, 6.07) is 6.99. The second-order valence-corrected chi connectivity index (χ2v) is 5.93. The van der Waals surface area contributed by atoms with Gasteiger partial charge >= 0.3 is 0 Å². The second kappa shape index (κ2) is 5.87. The van der Waals surface area contributed by atoms with Gasteiger partial charge in [0.15, 0.2) is 5.78 Å². The van der Waals surface area contributed by atoms with Gasteiger partial charge in [-0.05, 0) is 45.6 Å². The maximum absolute atomic E-state index is 12.2. The molecule has 1 aromatic carbocycles. The Kier molecular flexibility index (Phi) is 4.43. The van der Waals surface area contributed by atoms with E-state index < -0.39 is 0 Å². The van der Waals surface area contributed by atoms with Crippen molar-refractivity contribution in [2.75, 3.05) is 7.11 Å². The molecule has 0 aliphatic carbocycles. The number of ketones is 1. The van der Waals surface area contributed by atoms with Gasteiger partial charge in [-0.15, -0.1) is 11.3 Å². The molecule has 0 aliphatic heterocycles. The van der Waals surface area contributed by atoms with Gasteiger partial charge in [0, 0.05) is 20.8 Å². The number of methoxy groups -OCH3 is 1. The van der Waals surface area contributed by atoms with Crippen molar-refractivity contribution >= 4 is 44.7 Å². The fourth-order valence-electron chi connectivity index (χ4n) is 1.59. The van der Waals surface area contributed by atoms with Crippen LogP contribution in [0, 0.1) is 0 Å². The molecule has 0 N–H and O–H groups in total. The molecule has 2 nitrogen and oxygen atoms in total. The molecule has 18 heavy (non-hydrogen) atoms. The van der Waals surface area contributed by atoms with E-state index in [9.17, 15) is 4.79 Å². The van der Waals surface area contributed by atoms with Crippen molar-refractivity contribution in [1.29, 1.82) is 0 Å². The Bertz CT molecular complexity index is 580. The Morgan fingerprint density at radius 1 is 1.44 bits per heavy atom. The summed E-state index contributed by atoms with van der Waals surface area (Å²) in [5.41, 5.74) is 0.519. The van der Waals surface area contributed by atoms with Crippen molar-refractivity contribution in [3.63, 3.8) is 0 Å². The van der Waals surface area contributed by atoms with Gasteiger partial charge in [0.2, 0.25) is 0 Å². The van der Waals surface area contributed by atoms with Crippen LogP contribution in [0.15, 0.2) is 34.1 Å². The Morgan fingerprint density at radius 2 is 2.22 bits per heavy atom. The zero-order valence-electron chi connectivity index (χ0n) is 9.57. The zero-order valence-corrected chi connectivity index (χ0v) is 12.7. The molecule has 94 valence electrons. The van der Waals surface area contributed by atoms with Gasteiger partial charge in [0.1, 0.15) is 5.75 Å². The number of ether oxygens (including phenoxy) is 1. The van der Waals surface area contributed by atoms with Gasteiger partial charge in [-0.25, -0.2) is 0 Å². The number of carbonyl (C=O) groups is 1. The molecule has 0 saturated carbocycles. The molecule has 5 heteroatoms. The normalized spacial score (nSPS) is 10.4. The van der Waals surface area contributed by atoms with Gasteiger partial charge in [-0.3, -0.25) is 4.79 Å². The molecule has 0 saturated heterocycles. The number of thiophene rings is 1. The number of carbonyl (C=O) groups excluding carboxylic acids is 1. The van der Waals surface area contributed by atoms with E-state index >= 15 is 0 Å². The lowest BCUT2D eigenvalue weighted by molar-refractivity contribution is 0.0990. The van der Waals surface area contributed by atoms with Crippen LogP contribution in [-0.4, -0.2) is 12.9 Å². The van der Waals surface area contributed by atoms with Crippen molar-refractivity contribution in [3.05, 3.63) is 49.6 Å². The fourth-order valence-corrected chi connectivity index (χ4v) is 3.25. The van der Waals surface area contributed by atoms with E-state index in [1.54, 1.807) is 36.6 Å². The summed E-state index contributed by atoms with van der Waals surface area (Å²) in [6.45, 7) is 0. The lowest BCUT2D eigenvalue weighted by Crippen LogP contribution is -2.05. The van der Waals surface area contributed by atoms with Crippen LogP contribution < -0.4 is 4.74 Å². The number of hydrogen-bond acceptors (Lipinski definition) is 3. The molecule has 1 aromatic heterocycles. The number of rotatable bonds is 4. The largest absolute Gasteiger partial charge is 0.496 e. The molecular weight excluding hydrogens is 336 g/mol. The average Bonchev–Trinajstić information content (AvgIpc) is 2.75. The summed E-state index contributed by atoms with van der Waals surface area (Å²) >= 11 is 10.9. The van der Waals surface area contributed by atoms with E-state index in [1.807, 2.05) is 11.4 Å². The van der Waals surface area contributed by atoms with E-state index in [2.05, 4.69) is 15.9 Å². The van der Waals surface area contributed by atoms with E-state index in [0.717, 1.165) is 9.35 Å². The summed E-state index contributed by atoms with van der Waals surface area (Å²) in [6.07, 6.45) is 0.342. The molecular formula is C13H10BrClO2S. The molecule has 0 unspecified atom stereocenters. The van der Waals surface area contributed by atoms with Crippen molar-refractivity contribution in [2.24, 2.45) is 0 Å². The predicted octanol–water partition coefficient (Wildman–Crippen LogP) is 4.60.